The number of unbranched alkanes of at least 4 members (excludes halogenated alkanes) is 3. The number of hydrogen-bond donors (Lipinski definition) is 3. The number of nitrogens with one attached hydrogen (secondary N) is 3. The number of esters is 1. The lowest BCUT2D eigenvalue weighted by molar-refractivity contribution is -0.149. The lowest BCUT2D eigenvalue weighted by Gasteiger charge is -2.32. The van der Waals surface area contributed by atoms with E-state index in [2.05, 4.69) is 28.9 Å². The Kier molecular flexibility index (Phi) is 14.7. The van der Waals surface area contributed by atoms with Crippen LogP contribution in [0, 0.1) is 5.92 Å². The fourth-order valence-electron chi connectivity index (χ4n) is 6.47. The van der Waals surface area contributed by atoms with Crippen molar-refractivity contribution in [1.29, 1.82) is 0 Å². The number of carbonyl (C=O) groups is 4. The summed E-state index contributed by atoms with van der Waals surface area (Å²) in [5.41, 5.74) is 3.29. The quantitative estimate of drug-likeness (QED) is 0.0705. The third-order valence-corrected chi connectivity index (χ3v) is 9.35. The van der Waals surface area contributed by atoms with E-state index < -0.39 is 41.2 Å². The predicted octanol–water partition coefficient (Wildman–Crippen LogP) is 7.38. The number of H-pyrrole nitrogens is 1. The van der Waals surface area contributed by atoms with Crippen LogP contribution in [0.3, 0.4) is 0 Å². The second-order valence-electron chi connectivity index (χ2n) is 14.6. The maximum atomic E-state index is 13.5. The number of nitrogens with zero attached hydrogens (tertiary/aromatic N) is 2. The monoisotopic (exact) mass is 761 g/mol. The van der Waals surface area contributed by atoms with Crippen LogP contribution in [0.25, 0.3) is 22.2 Å². The van der Waals surface area contributed by atoms with Crippen LogP contribution in [-0.4, -0.2) is 82.9 Å². The van der Waals surface area contributed by atoms with E-state index in [0.29, 0.717) is 37.6 Å². The lowest BCUT2D eigenvalue weighted by Crippen LogP contribution is -2.58. The average Bonchev–Trinajstić information content (AvgIpc) is 3.64. The highest BCUT2D eigenvalue weighted by atomic mass is 16.6. The van der Waals surface area contributed by atoms with Crippen molar-refractivity contribution in [3.05, 3.63) is 90.1 Å². The van der Waals surface area contributed by atoms with E-state index >= 15 is 0 Å². The van der Waals surface area contributed by atoms with Crippen LogP contribution < -0.4 is 20.9 Å². The molecule has 300 valence electrons. The molecule has 3 atom stereocenters. The smallest absolute Gasteiger partial charge is 0.426 e. The van der Waals surface area contributed by atoms with Crippen molar-refractivity contribution in [1.82, 2.24) is 25.6 Å². The molecular weight excluding hydrogens is 702 g/mol. The third-order valence-electron chi connectivity index (χ3n) is 9.35. The highest BCUT2D eigenvalue weighted by molar-refractivity contribution is 5.95. The molecule has 3 aromatic rings. The zero-order valence-corrected chi connectivity index (χ0v) is 32.7. The predicted molar refractivity (Wildman–Crippen MR) is 216 cm³/mol. The van der Waals surface area contributed by atoms with Crippen LogP contribution >= 0.6 is 0 Å². The van der Waals surface area contributed by atoms with Crippen molar-refractivity contribution in [3.63, 3.8) is 0 Å². The molecule has 3 N–H and O–H groups in total. The second kappa shape index (κ2) is 19.1. The van der Waals surface area contributed by atoms with Crippen LogP contribution in [0.4, 0.5) is 9.59 Å². The summed E-state index contributed by atoms with van der Waals surface area (Å²) in [6, 6.07) is 15.6. The Bertz CT molecular complexity index is 1900. The van der Waals surface area contributed by atoms with Crippen LogP contribution in [0.2, 0.25) is 0 Å². The molecule has 1 saturated heterocycles. The molecule has 1 saturated carbocycles. The molecule has 13 nitrogen and oxygen atoms in total. The summed E-state index contributed by atoms with van der Waals surface area (Å²) in [4.78, 5) is 68.6. The summed E-state index contributed by atoms with van der Waals surface area (Å²) < 4.78 is 15.7. The van der Waals surface area contributed by atoms with Gasteiger partial charge in [-0.25, -0.2) is 24.8 Å². The Hall–Kier alpha value is -5.59. The number of amides is 4. The number of aromatic amines is 1. The minimum atomic E-state index is -1.13. The number of pyridine rings is 1. The van der Waals surface area contributed by atoms with Gasteiger partial charge in [0.1, 0.15) is 22.9 Å². The SMILES string of the molecule is C=CCCCCCN(NC(=O)OC(C)(C)C)C(=O)N1CCC[C@H]1C(=O)N[C@]1(C(=O)OCC)CC1C=C.COc1ccc2c(=O)cc(-c3ccccc3)[nH]c2c1.[HH].[HH]. The topological polar surface area (TPSA) is 159 Å². The normalized spacial score (nSPS) is 18.6. The van der Waals surface area contributed by atoms with Gasteiger partial charge >= 0.3 is 18.1 Å². The molecule has 2 fully saturated rings. The fraction of sp³-hybridized carbons (Fsp3) is 0.452. The summed E-state index contributed by atoms with van der Waals surface area (Å²) >= 11 is 0. The van der Waals surface area contributed by atoms with Crippen LogP contribution in [0.1, 0.15) is 75.5 Å². The molecule has 2 aromatic carbocycles. The second-order valence-corrected chi connectivity index (χ2v) is 14.6. The number of hydrogen-bond acceptors (Lipinski definition) is 8. The number of carbonyl (C=O) groups excluding carboxylic acids is 4. The minimum Gasteiger partial charge on any atom is -0.497 e. The van der Waals surface area contributed by atoms with E-state index in [9.17, 15) is 24.0 Å². The molecule has 1 aliphatic heterocycles. The Morgan fingerprint density at radius 2 is 1.82 bits per heavy atom. The van der Waals surface area contributed by atoms with E-state index in [1.807, 2.05) is 42.5 Å². The summed E-state index contributed by atoms with van der Waals surface area (Å²) in [5, 5.41) is 4.73. The highest BCUT2D eigenvalue weighted by Gasteiger charge is 2.61. The van der Waals surface area contributed by atoms with Crippen molar-refractivity contribution in [3.8, 4) is 17.0 Å². The number of aromatic nitrogens is 1. The number of ether oxygens (including phenoxy) is 3. The summed E-state index contributed by atoms with van der Waals surface area (Å²) in [7, 11) is 1.61. The third kappa shape index (κ3) is 11.2. The Morgan fingerprint density at radius 1 is 1.07 bits per heavy atom. The van der Waals surface area contributed by atoms with Gasteiger partial charge in [0.25, 0.3) is 0 Å². The summed E-state index contributed by atoms with van der Waals surface area (Å²) in [6.45, 7) is 15.2. The van der Waals surface area contributed by atoms with Gasteiger partial charge in [-0.05, 0) is 83.9 Å². The van der Waals surface area contributed by atoms with Crippen molar-refractivity contribution in [2.24, 2.45) is 5.92 Å². The molecule has 2 heterocycles. The Labute approximate surface area is 326 Å². The largest absolute Gasteiger partial charge is 0.497 e. The first-order valence-electron chi connectivity index (χ1n) is 18.8. The van der Waals surface area contributed by atoms with Gasteiger partial charge in [0.2, 0.25) is 5.91 Å². The highest BCUT2D eigenvalue weighted by Crippen LogP contribution is 2.45. The lowest BCUT2D eigenvalue weighted by atomic mass is 10.1. The van der Waals surface area contributed by atoms with E-state index in [-0.39, 0.29) is 27.4 Å². The van der Waals surface area contributed by atoms with Gasteiger partial charge in [0, 0.05) is 45.1 Å². The van der Waals surface area contributed by atoms with Crippen LogP contribution in [0.15, 0.2) is 84.7 Å². The fourth-order valence-corrected chi connectivity index (χ4v) is 6.47. The van der Waals surface area contributed by atoms with Gasteiger partial charge < -0.3 is 29.4 Å². The van der Waals surface area contributed by atoms with Gasteiger partial charge in [-0.2, -0.15) is 0 Å². The zero-order chi connectivity index (χ0) is 40.2. The number of allylic oxidation sites excluding steroid dienone is 1. The van der Waals surface area contributed by atoms with Gasteiger partial charge in [-0.1, -0.05) is 48.9 Å². The Balaban J connectivity index is 0.000000447. The molecule has 2 aliphatic rings. The zero-order valence-electron chi connectivity index (χ0n) is 32.7. The molecule has 1 aromatic heterocycles. The minimum absolute atomic E-state index is 0. The first-order valence-corrected chi connectivity index (χ1v) is 18.8. The van der Waals surface area contributed by atoms with E-state index in [0.717, 1.165) is 41.8 Å². The van der Waals surface area contributed by atoms with E-state index in [4.69, 9.17) is 14.2 Å². The molecule has 5 rings (SSSR count). The van der Waals surface area contributed by atoms with Crippen molar-refractivity contribution in [2.75, 3.05) is 26.8 Å². The molecule has 13 heteroatoms. The van der Waals surface area contributed by atoms with Crippen molar-refractivity contribution in [2.45, 2.75) is 89.8 Å². The number of rotatable bonds is 13. The maximum Gasteiger partial charge on any atom is 0.426 e. The van der Waals surface area contributed by atoms with Gasteiger partial charge in [-0.15, -0.1) is 13.2 Å². The van der Waals surface area contributed by atoms with Gasteiger partial charge in [0.15, 0.2) is 5.43 Å². The molecular formula is C42H59N5O8. The van der Waals surface area contributed by atoms with Crippen LogP contribution in [-0.2, 0) is 19.1 Å². The first-order chi connectivity index (χ1) is 26.3. The molecule has 1 aliphatic carbocycles. The maximum absolute atomic E-state index is 13.5. The molecule has 0 radical (unpaired) electrons. The standard InChI is InChI=1S/C26H42N4O6.C16H13NO2.2H2/c1-7-10-11-12-13-17-30(28-23(33)36-25(4,5)6)24(34)29-16-14-15-20(29)21(31)27-26(18-19(26)8-2)22(32)35-9-3;1-19-12-7-8-13-15(9-12)17-14(10-16(13)18)11-5-3-2-4-6-11;;/h7-8,19-20H,1-2,9-18H2,3-6H3,(H,27,31)(H,28,33);2-10H,1H3,(H,17,18);2*1H/t19?,20-,26+;;;/m0.../s1. The number of hydrazine groups is 1. The van der Waals surface area contributed by atoms with E-state index in [1.54, 1.807) is 59.1 Å². The number of fused-ring (bicyclic) bond motifs is 1. The Morgan fingerprint density at radius 3 is 2.45 bits per heavy atom. The van der Waals surface area contributed by atoms with E-state index in [1.165, 1.54) is 9.91 Å². The number of methoxy groups -OCH3 is 1. The first kappa shape index (κ1) is 42.2. The summed E-state index contributed by atoms with van der Waals surface area (Å²) in [5.74, 6) is -0.395. The molecule has 4 amide bonds. The summed E-state index contributed by atoms with van der Waals surface area (Å²) in [6.07, 6.45) is 7.53. The molecule has 1 unspecified atom stereocenters. The number of benzene rings is 2. The van der Waals surface area contributed by atoms with Crippen LogP contribution in [0.5, 0.6) is 5.75 Å². The van der Waals surface area contributed by atoms with Crippen molar-refractivity contribution < 1.29 is 36.2 Å². The molecule has 55 heavy (non-hydrogen) atoms. The van der Waals surface area contributed by atoms with Gasteiger partial charge in [0.05, 0.1) is 19.2 Å². The van der Waals surface area contributed by atoms with Crippen molar-refractivity contribution >= 4 is 34.9 Å². The van der Waals surface area contributed by atoms with Gasteiger partial charge in [-0.3, -0.25) is 9.59 Å². The number of likely N-dealkylation sites (tertiary alicyclic amines) is 1. The average molecular weight is 762 g/mol. The number of urea groups is 1. The molecule has 0 spiro atoms. The molecule has 0 bridgehead atoms.